The van der Waals surface area contributed by atoms with Gasteiger partial charge in [-0.05, 0) is 38.0 Å². The maximum atomic E-state index is 12.5. The molecule has 0 aliphatic carbocycles. The number of esters is 1. The number of carbonyl (C=O) groups is 4. The highest BCUT2D eigenvalue weighted by molar-refractivity contribution is 5.99. The number of amides is 3. The number of rotatable bonds is 8. The zero-order valence-corrected chi connectivity index (χ0v) is 17.4. The number of carbonyl (C=O) groups excluding carboxylic acids is 4. The molecule has 0 aromatic heterocycles. The van der Waals surface area contributed by atoms with Crippen molar-refractivity contribution < 1.29 is 23.9 Å². The van der Waals surface area contributed by atoms with Crippen molar-refractivity contribution in [1.82, 2.24) is 10.6 Å². The van der Waals surface area contributed by atoms with Crippen LogP contribution < -0.4 is 10.6 Å². The molecule has 0 heterocycles. The molecule has 0 aliphatic rings. The number of Topliss-reactive ketones (excluding diaryl/α,β-unsaturated/α-hetero) is 1. The van der Waals surface area contributed by atoms with Crippen LogP contribution in [0.1, 0.15) is 52.9 Å². The van der Waals surface area contributed by atoms with Crippen molar-refractivity contribution in [2.24, 2.45) is 0 Å². The fraction of sp³-hybridized carbons (Fsp3) is 0.304. The second-order valence-electron chi connectivity index (χ2n) is 6.85. The van der Waals surface area contributed by atoms with Gasteiger partial charge in [-0.25, -0.2) is 4.79 Å². The van der Waals surface area contributed by atoms with E-state index >= 15 is 0 Å². The minimum atomic E-state index is -1.29. The number of hydrogen-bond acceptors (Lipinski definition) is 5. The van der Waals surface area contributed by atoms with Gasteiger partial charge in [-0.15, -0.1) is 0 Å². The lowest BCUT2D eigenvalue weighted by molar-refractivity contribution is -0.156. The van der Waals surface area contributed by atoms with Gasteiger partial charge in [0.15, 0.2) is 5.78 Å². The standard InChI is InChI=1S/C23H26N2O5/c1-4-24-23(29)25-22(28)21(17-8-6-5-7-9-17)30-20(27)13-12-19(26)18-11-10-15(2)16(3)14-18/h5-11,14,21H,4,12-13H2,1-3H3,(H2,24,25,28,29)/t21-/m1/s1. The van der Waals surface area contributed by atoms with Gasteiger partial charge in [0.2, 0.25) is 6.10 Å². The highest BCUT2D eigenvalue weighted by atomic mass is 16.5. The molecule has 0 bridgehead atoms. The predicted molar refractivity (Wildman–Crippen MR) is 112 cm³/mol. The number of urea groups is 1. The van der Waals surface area contributed by atoms with Gasteiger partial charge in [0, 0.05) is 24.1 Å². The van der Waals surface area contributed by atoms with Crippen molar-refractivity contribution in [1.29, 1.82) is 0 Å². The SMILES string of the molecule is CCNC(=O)NC(=O)[C@H](OC(=O)CCC(=O)c1ccc(C)c(C)c1)c1ccccc1. The monoisotopic (exact) mass is 410 g/mol. The van der Waals surface area contributed by atoms with E-state index in [-0.39, 0.29) is 18.6 Å². The minimum Gasteiger partial charge on any atom is -0.447 e. The van der Waals surface area contributed by atoms with Gasteiger partial charge < -0.3 is 10.1 Å². The topological polar surface area (TPSA) is 102 Å². The van der Waals surface area contributed by atoms with Crippen molar-refractivity contribution in [2.45, 2.75) is 39.7 Å². The summed E-state index contributed by atoms with van der Waals surface area (Å²) in [5, 5.41) is 4.60. The van der Waals surface area contributed by atoms with Gasteiger partial charge in [-0.3, -0.25) is 19.7 Å². The van der Waals surface area contributed by atoms with Crippen molar-refractivity contribution in [3.63, 3.8) is 0 Å². The second kappa shape index (κ2) is 10.9. The summed E-state index contributed by atoms with van der Waals surface area (Å²) in [6, 6.07) is 13.1. The van der Waals surface area contributed by atoms with E-state index in [0.717, 1.165) is 11.1 Å². The molecular weight excluding hydrogens is 384 g/mol. The summed E-state index contributed by atoms with van der Waals surface area (Å²) in [4.78, 5) is 48.9. The molecule has 2 aromatic rings. The third-order valence-electron chi connectivity index (χ3n) is 4.55. The molecule has 0 unspecified atom stereocenters. The maximum absolute atomic E-state index is 12.5. The van der Waals surface area contributed by atoms with Crippen LogP contribution in [-0.2, 0) is 14.3 Å². The Kier molecular flexibility index (Phi) is 8.29. The Morgan fingerprint density at radius 1 is 0.933 bits per heavy atom. The largest absolute Gasteiger partial charge is 0.447 e. The Bertz CT molecular complexity index is 924. The van der Waals surface area contributed by atoms with Crippen molar-refractivity contribution >= 4 is 23.7 Å². The van der Waals surface area contributed by atoms with E-state index in [1.807, 2.05) is 19.9 Å². The second-order valence-corrected chi connectivity index (χ2v) is 6.85. The van der Waals surface area contributed by atoms with Crippen LogP contribution in [0.3, 0.4) is 0 Å². The Morgan fingerprint density at radius 3 is 2.27 bits per heavy atom. The molecule has 2 aromatic carbocycles. The van der Waals surface area contributed by atoms with E-state index in [4.69, 9.17) is 4.74 Å². The van der Waals surface area contributed by atoms with Crippen LogP contribution >= 0.6 is 0 Å². The highest BCUT2D eigenvalue weighted by Gasteiger charge is 2.26. The lowest BCUT2D eigenvalue weighted by atomic mass is 10.0. The van der Waals surface area contributed by atoms with Crippen LogP contribution in [0, 0.1) is 13.8 Å². The van der Waals surface area contributed by atoms with E-state index in [0.29, 0.717) is 17.7 Å². The molecule has 3 amide bonds. The molecular formula is C23H26N2O5. The molecule has 0 aliphatic heterocycles. The summed E-state index contributed by atoms with van der Waals surface area (Å²) in [5.41, 5.74) is 3.03. The zero-order chi connectivity index (χ0) is 22.1. The third kappa shape index (κ3) is 6.55. The molecule has 7 nitrogen and oxygen atoms in total. The fourth-order valence-corrected chi connectivity index (χ4v) is 2.75. The number of aryl methyl sites for hydroxylation is 2. The molecule has 30 heavy (non-hydrogen) atoms. The first-order valence-electron chi connectivity index (χ1n) is 9.75. The summed E-state index contributed by atoms with van der Waals surface area (Å²) in [7, 11) is 0. The summed E-state index contributed by atoms with van der Waals surface area (Å²) >= 11 is 0. The maximum Gasteiger partial charge on any atom is 0.321 e. The number of nitrogens with one attached hydrogen (secondary N) is 2. The van der Waals surface area contributed by atoms with Gasteiger partial charge in [0.1, 0.15) is 0 Å². The van der Waals surface area contributed by atoms with Gasteiger partial charge in [-0.2, -0.15) is 0 Å². The summed E-state index contributed by atoms with van der Waals surface area (Å²) in [6.07, 6.45) is -1.51. The summed E-state index contributed by atoms with van der Waals surface area (Å²) in [6.45, 7) is 5.93. The summed E-state index contributed by atoms with van der Waals surface area (Å²) < 4.78 is 5.32. The molecule has 0 saturated carbocycles. The van der Waals surface area contributed by atoms with Crippen LogP contribution in [-0.4, -0.2) is 30.2 Å². The van der Waals surface area contributed by atoms with E-state index in [9.17, 15) is 19.2 Å². The first kappa shape index (κ1) is 22.8. The van der Waals surface area contributed by atoms with Crippen molar-refractivity contribution in [3.8, 4) is 0 Å². The molecule has 2 N–H and O–H groups in total. The van der Waals surface area contributed by atoms with Crippen molar-refractivity contribution in [3.05, 3.63) is 70.8 Å². The average Bonchev–Trinajstić information content (AvgIpc) is 2.72. The third-order valence-corrected chi connectivity index (χ3v) is 4.55. The number of benzene rings is 2. The van der Waals surface area contributed by atoms with E-state index in [1.54, 1.807) is 49.4 Å². The zero-order valence-electron chi connectivity index (χ0n) is 17.4. The quantitative estimate of drug-likeness (QED) is 0.513. The van der Waals surface area contributed by atoms with Gasteiger partial charge in [0.25, 0.3) is 5.91 Å². The molecule has 0 saturated heterocycles. The van der Waals surface area contributed by atoms with Gasteiger partial charge >= 0.3 is 12.0 Å². The molecule has 1 atom stereocenters. The number of ether oxygens (including phenoxy) is 1. The summed E-state index contributed by atoms with van der Waals surface area (Å²) in [5.74, 6) is -1.65. The normalized spacial score (nSPS) is 11.3. The fourth-order valence-electron chi connectivity index (χ4n) is 2.75. The number of hydrogen-bond donors (Lipinski definition) is 2. The predicted octanol–water partition coefficient (Wildman–Crippen LogP) is 3.40. The average molecular weight is 410 g/mol. The number of ketones is 1. The van der Waals surface area contributed by atoms with Crippen LogP contribution in [0.15, 0.2) is 48.5 Å². The molecule has 0 spiro atoms. The lowest BCUT2D eigenvalue weighted by Crippen LogP contribution is -2.42. The molecule has 0 radical (unpaired) electrons. The van der Waals surface area contributed by atoms with E-state index in [1.165, 1.54) is 0 Å². The Morgan fingerprint density at radius 2 is 1.63 bits per heavy atom. The van der Waals surface area contributed by atoms with E-state index in [2.05, 4.69) is 10.6 Å². The first-order valence-corrected chi connectivity index (χ1v) is 9.75. The molecule has 0 fully saturated rings. The molecule has 158 valence electrons. The first-order chi connectivity index (χ1) is 14.3. The van der Waals surface area contributed by atoms with Gasteiger partial charge in [0.05, 0.1) is 6.42 Å². The Hall–Kier alpha value is -3.48. The van der Waals surface area contributed by atoms with Gasteiger partial charge in [-0.1, -0.05) is 42.5 Å². The number of imide groups is 1. The Labute approximate surface area is 175 Å². The molecule has 2 rings (SSSR count). The smallest absolute Gasteiger partial charge is 0.321 e. The highest BCUT2D eigenvalue weighted by Crippen LogP contribution is 2.19. The van der Waals surface area contributed by atoms with E-state index < -0.39 is 24.0 Å². The van der Waals surface area contributed by atoms with Crippen LogP contribution in [0.4, 0.5) is 4.79 Å². The lowest BCUT2D eigenvalue weighted by Gasteiger charge is -2.17. The van der Waals surface area contributed by atoms with Crippen LogP contribution in [0.25, 0.3) is 0 Å². The van der Waals surface area contributed by atoms with Crippen LogP contribution in [0.5, 0.6) is 0 Å². The molecule has 7 heteroatoms. The van der Waals surface area contributed by atoms with Crippen molar-refractivity contribution in [2.75, 3.05) is 6.54 Å². The Balaban J connectivity index is 2.03. The minimum absolute atomic E-state index is 0.0409. The van der Waals surface area contributed by atoms with Crippen LogP contribution in [0.2, 0.25) is 0 Å².